The third-order valence-corrected chi connectivity index (χ3v) is 5.58. The lowest BCUT2D eigenvalue weighted by atomic mass is 10.1. The van der Waals surface area contributed by atoms with Crippen LogP contribution in [0, 0.1) is 0 Å². The Kier molecular flexibility index (Phi) is 6.37. The Morgan fingerprint density at radius 2 is 1.96 bits per heavy atom. The van der Waals surface area contributed by atoms with Crippen molar-refractivity contribution < 1.29 is 19.1 Å². The molecule has 2 N–H and O–H groups in total. The van der Waals surface area contributed by atoms with Gasteiger partial charge in [0.15, 0.2) is 4.34 Å². The van der Waals surface area contributed by atoms with E-state index in [4.69, 9.17) is 15.2 Å². The zero-order chi connectivity index (χ0) is 16.8. The van der Waals surface area contributed by atoms with Gasteiger partial charge in [-0.25, -0.2) is 9.59 Å². The van der Waals surface area contributed by atoms with Crippen molar-refractivity contribution in [2.45, 2.75) is 23.9 Å². The fraction of sp³-hybridized carbons (Fsp3) is 0.385. The van der Waals surface area contributed by atoms with E-state index in [1.807, 2.05) is 0 Å². The number of thiophene rings is 1. The predicted octanol–water partition coefficient (Wildman–Crippen LogP) is 2.83. The normalized spacial score (nSPS) is 10.5. The maximum Gasteiger partial charge on any atom is 0.348 e. The molecule has 2 heterocycles. The molecule has 0 unspecified atom stereocenters. The molecule has 0 aliphatic heterocycles. The van der Waals surface area contributed by atoms with Crippen LogP contribution in [-0.4, -0.2) is 35.3 Å². The first kappa shape index (κ1) is 17.7. The van der Waals surface area contributed by atoms with Crippen molar-refractivity contribution in [3.05, 3.63) is 21.5 Å². The number of hydrogen-bond acceptors (Lipinski definition) is 10. The van der Waals surface area contributed by atoms with Crippen LogP contribution in [0.25, 0.3) is 0 Å². The fourth-order valence-electron chi connectivity index (χ4n) is 1.77. The molecule has 2 aromatic heterocycles. The molecule has 0 aromatic carbocycles. The Morgan fingerprint density at radius 1 is 1.26 bits per heavy atom. The van der Waals surface area contributed by atoms with Gasteiger partial charge >= 0.3 is 11.9 Å². The van der Waals surface area contributed by atoms with Crippen LogP contribution < -0.4 is 5.73 Å². The molecule has 23 heavy (non-hydrogen) atoms. The summed E-state index contributed by atoms with van der Waals surface area (Å²) in [6, 6.07) is 0. The Hall–Kier alpha value is -1.65. The molecule has 0 aliphatic rings. The lowest BCUT2D eigenvalue weighted by molar-refractivity contribution is 0.0527. The number of rotatable bonds is 7. The quantitative estimate of drug-likeness (QED) is 0.583. The number of nitrogen functional groups attached to an aromatic ring is 1. The van der Waals surface area contributed by atoms with E-state index >= 15 is 0 Å². The van der Waals surface area contributed by atoms with E-state index in [1.54, 1.807) is 19.4 Å². The largest absolute Gasteiger partial charge is 0.462 e. The molecule has 10 heteroatoms. The van der Waals surface area contributed by atoms with Crippen molar-refractivity contribution in [1.82, 2.24) is 10.2 Å². The number of nitrogens with two attached hydrogens (primary N) is 1. The number of ether oxygens (including phenoxy) is 2. The summed E-state index contributed by atoms with van der Waals surface area (Å²) in [5.41, 5.74) is 8.30. The molecule has 0 amide bonds. The van der Waals surface area contributed by atoms with Gasteiger partial charge in [-0.1, -0.05) is 23.1 Å². The van der Waals surface area contributed by atoms with Crippen molar-refractivity contribution in [1.29, 1.82) is 0 Å². The van der Waals surface area contributed by atoms with Gasteiger partial charge in [-0.15, -0.1) is 21.5 Å². The zero-order valence-corrected chi connectivity index (χ0v) is 15.0. The third-order valence-electron chi connectivity index (χ3n) is 2.65. The lowest BCUT2D eigenvalue weighted by Crippen LogP contribution is -2.10. The van der Waals surface area contributed by atoms with Crippen molar-refractivity contribution in [3.8, 4) is 0 Å². The summed E-state index contributed by atoms with van der Waals surface area (Å²) < 4.78 is 10.8. The Balaban J connectivity index is 2.35. The van der Waals surface area contributed by atoms with Crippen molar-refractivity contribution in [2.24, 2.45) is 0 Å². The van der Waals surface area contributed by atoms with Crippen molar-refractivity contribution in [3.63, 3.8) is 0 Å². The highest BCUT2D eigenvalue weighted by Gasteiger charge is 2.27. The van der Waals surface area contributed by atoms with Gasteiger partial charge in [0.1, 0.15) is 15.4 Å². The third kappa shape index (κ3) is 4.21. The molecule has 0 atom stereocenters. The van der Waals surface area contributed by atoms with Crippen LogP contribution in [0.2, 0.25) is 0 Å². The molecule has 7 nitrogen and oxygen atoms in total. The fourth-order valence-corrected chi connectivity index (χ4v) is 4.35. The number of anilines is 1. The number of carbonyl (C=O) groups is 2. The second kappa shape index (κ2) is 8.27. The van der Waals surface area contributed by atoms with Gasteiger partial charge in [0.05, 0.1) is 18.8 Å². The smallest absolute Gasteiger partial charge is 0.348 e. The van der Waals surface area contributed by atoms with E-state index in [1.165, 1.54) is 23.1 Å². The van der Waals surface area contributed by atoms with E-state index in [0.29, 0.717) is 16.2 Å². The highest BCUT2D eigenvalue weighted by Crippen LogP contribution is 2.36. The zero-order valence-electron chi connectivity index (χ0n) is 12.5. The van der Waals surface area contributed by atoms with Crippen LogP contribution in [0.15, 0.2) is 9.85 Å². The number of esters is 2. The molecule has 0 saturated heterocycles. The second-order valence-electron chi connectivity index (χ2n) is 4.08. The summed E-state index contributed by atoms with van der Waals surface area (Å²) in [6.07, 6.45) is 0. The molecular formula is C13H15N3O4S3. The second-order valence-corrected chi connectivity index (χ2v) is 7.19. The minimum atomic E-state index is -0.537. The van der Waals surface area contributed by atoms with E-state index in [0.717, 1.165) is 15.7 Å². The topological polar surface area (TPSA) is 104 Å². The van der Waals surface area contributed by atoms with Gasteiger partial charge in [-0.3, -0.25) is 0 Å². The minimum Gasteiger partial charge on any atom is -0.462 e. The first-order chi connectivity index (χ1) is 11.1. The van der Waals surface area contributed by atoms with E-state index in [-0.39, 0.29) is 23.8 Å². The monoisotopic (exact) mass is 373 g/mol. The first-order valence-electron chi connectivity index (χ1n) is 6.72. The van der Waals surface area contributed by atoms with Gasteiger partial charge in [-0.05, 0) is 13.8 Å². The van der Waals surface area contributed by atoms with Gasteiger partial charge in [-0.2, -0.15) is 0 Å². The first-order valence-corrected chi connectivity index (χ1v) is 9.40. The summed E-state index contributed by atoms with van der Waals surface area (Å²) in [5, 5.41) is 7.94. The van der Waals surface area contributed by atoms with Gasteiger partial charge < -0.3 is 15.2 Å². The maximum absolute atomic E-state index is 12.2. The molecular weight excluding hydrogens is 358 g/mol. The summed E-state index contributed by atoms with van der Waals surface area (Å²) in [6.45, 7) is 3.90. The summed E-state index contributed by atoms with van der Waals surface area (Å²) >= 11 is 3.79. The summed E-state index contributed by atoms with van der Waals surface area (Å²) in [7, 11) is 0. The minimum absolute atomic E-state index is 0.228. The highest BCUT2D eigenvalue weighted by atomic mass is 32.2. The molecule has 0 radical (unpaired) electrons. The van der Waals surface area contributed by atoms with Crippen molar-refractivity contribution >= 4 is 51.4 Å². The molecule has 124 valence electrons. The highest BCUT2D eigenvalue weighted by molar-refractivity contribution is 8.00. The summed E-state index contributed by atoms with van der Waals surface area (Å²) in [5.74, 6) is -0.678. The van der Waals surface area contributed by atoms with E-state index in [2.05, 4.69) is 10.2 Å². The van der Waals surface area contributed by atoms with Gasteiger partial charge in [0.2, 0.25) is 0 Å². The molecule has 0 spiro atoms. The molecule has 0 fully saturated rings. The Morgan fingerprint density at radius 3 is 2.57 bits per heavy atom. The predicted molar refractivity (Wildman–Crippen MR) is 90.1 cm³/mol. The maximum atomic E-state index is 12.2. The molecule has 0 aliphatic carbocycles. The van der Waals surface area contributed by atoms with Gasteiger partial charge in [0, 0.05) is 11.3 Å². The lowest BCUT2D eigenvalue weighted by Gasteiger charge is -2.06. The van der Waals surface area contributed by atoms with Crippen molar-refractivity contribution in [2.75, 3.05) is 18.9 Å². The van der Waals surface area contributed by atoms with Gasteiger partial charge in [0.25, 0.3) is 0 Å². The Labute approximate surface area is 145 Å². The van der Waals surface area contributed by atoms with Crippen LogP contribution in [-0.2, 0) is 15.2 Å². The van der Waals surface area contributed by atoms with E-state index in [9.17, 15) is 9.59 Å². The van der Waals surface area contributed by atoms with Crippen LogP contribution in [0.3, 0.4) is 0 Å². The molecule has 2 rings (SSSR count). The molecule has 2 aromatic rings. The van der Waals surface area contributed by atoms with E-state index < -0.39 is 11.9 Å². The summed E-state index contributed by atoms with van der Waals surface area (Å²) in [4.78, 5) is 24.6. The van der Waals surface area contributed by atoms with Crippen LogP contribution >= 0.6 is 34.4 Å². The average Bonchev–Trinajstić information content (AvgIpc) is 3.13. The number of thioether (sulfide) groups is 1. The number of hydrogen-bond donors (Lipinski definition) is 1. The number of aromatic nitrogens is 2. The number of nitrogens with zero attached hydrogens (tertiary/aromatic N) is 2. The number of carbonyl (C=O) groups excluding carboxylic acids is 2. The standard InChI is InChI=1S/C13H15N3O4S3/c1-3-19-11(17)8-7(5-21-13-16-15-6-22-13)9(23-10(8)14)12(18)20-4-2/h6H,3-5,14H2,1-2H3. The van der Waals surface area contributed by atoms with Crippen LogP contribution in [0.5, 0.6) is 0 Å². The SMILES string of the molecule is CCOC(=O)c1sc(N)c(C(=O)OCC)c1CSc1nncs1. The van der Waals surface area contributed by atoms with Crippen LogP contribution in [0.4, 0.5) is 5.00 Å². The van der Waals surface area contributed by atoms with Crippen LogP contribution in [0.1, 0.15) is 39.4 Å². The average molecular weight is 373 g/mol. The molecule has 0 bridgehead atoms. The Bertz CT molecular complexity index is 685. The molecule has 0 saturated carbocycles.